The Hall–Kier alpha value is -2.40. The van der Waals surface area contributed by atoms with Gasteiger partial charge in [0, 0.05) is 15.6 Å². The second-order valence-corrected chi connectivity index (χ2v) is 5.64. The van der Waals surface area contributed by atoms with E-state index in [1.54, 1.807) is 30.3 Å². The first kappa shape index (κ1) is 17.0. The predicted molar refractivity (Wildman–Crippen MR) is 91.4 cm³/mol. The molecule has 2 aromatic rings. The summed E-state index contributed by atoms with van der Waals surface area (Å²) in [7, 11) is 1.46. The van der Waals surface area contributed by atoms with Crippen LogP contribution in [0.15, 0.2) is 53.5 Å². The highest BCUT2D eigenvalue weighted by Gasteiger charge is 2.17. The molecule has 0 bridgehead atoms. The van der Waals surface area contributed by atoms with E-state index in [0.717, 1.165) is 10.8 Å². The van der Waals surface area contributed by atoms with E-state index < -0.39 is 5.97 Å². The number of methoxy groups -OCH3 is 1. The lowest BCUT2D eigenvalue weighted by Gasteiger charge is -2.14. The first-order chi connectivity index (χ1) is 11.1. The van der Waals surface area contributed by atoms with Crippen LogP contribution in [-0.2, 0) is 6.42 Å². The van der Waals surface area contributed by atoms with Gasteiger partial charge in [0.1, 0.15) is 6.29 Å². The van der Waals surface area contributed by atoms with Crippen molar-refractivity contribution in [3.63, 3.8) is 0 Å². The molecule has 0 aliphatic rings. The monoisotopic (exact) mass is 374 g/mol. The zero-order valence-corrected chi connectivity index (χ0v) is 14.1. The van der Waals surface area contributed by atoms with E-state index in [-0.39, 0.29) is 0 Å². The fraction of sp³-hybridized carbons (Fsp3) is 0.111. The third-order valence-electron chi connectivity index (χ3n) is 3.13. The molecule has 0 fully saturated rings. The zero-order chi connectivity index (χ0) is 16.8. The molecule has 0 spiro atoms. The van der Waals surface area contributed by atoms with Crippen molar-refractivity contribution in [3.05, 3.63) is 70.2 Å². The third-order valence-corrected chi connectivity index (χ3v) is 3.62. The summed E-state index contributed by atoms with van der Waals surface area (Å²) in [5, 5.41) is 0. The average Bonchev–Trinajstić information content (AvgIpc) is 2.56. The largest absolute Gasteiger partial charge is 0.493 e. The Morgan fingerprint density at radius 3 is 2.70 bits per heavy atom. The summed E-state index contributed by atoms with van der Waals surface area (Å²) < 4.78 is 11.5. The number of carbonyl (C=O) groups excluding carboxylic acids is 2. The highest BCUT2D eigenvalue weighted by Crippen LogP contribution is 2.34. The molecular formula is C18H15BrO4. The van der Waals surface area contributed by atoms with E-state index in [1.165, 1.54) is 13.2 Å². The molecule has 4 nitrogen and oxygen atoms in total. The molecule has 23 heavy (non-hydrogen) atoms. The molecule has 0 saturated carbocycles. The van der Waals surface area contributed by atoms with Crippen LogP contribution < -0.4 is 9.47 Å². The summed E-state index contributed by atoms with van der Waals surface area (Å²) in [5.74, 6) is 0.117. The van der Waals surface area contributed by atoms with E-state index in [9.17, 15) is 9.59 Å². The van der Waals surface area contributed by atoms with Gasteiger partial charge in [-0.2, -0.15) is 0 Å². The molecule has 0 heterocycles. The number of hydrogen-bond acceptors (Lipinski definition) is 4. The SMILES string of the molecule is C=CCc1cc(C=O)cc(OC)c1OC(=O)c1cccc(Br)c1. The molecule has 0 saturated heterocycles. The molecule has 0 aromatic heterocycles. The van der Waals surface area contributed by atoms with Crippen molar-refractivity contribution in [2.75, 3.05) is 7.11 Å². The van der Waals surface area contributed by atoms with Gasteiger partial charge in [0.15, 0.2) is 11.5 Å². The first-order valence-electron chi connectivity index (χ1n) is 6.83. The lowest BCUT2D eigenvalue weighted by molar-refractivity contribution is 0.0728. The van der Waals surface area contributed by atoms with Gasteiger partial charge in [0.05, 0.1) is 12.7 Å². The molecule has 0 radical (unpaired) electrons. The topological polar surface area (TPSA) is 52.6 Å². The van der Waals surface area contributed by atoms with E-state index in [2.05, 4.69) is 22.5 Å². The van der Waals surface area contributed by atoms with Crippen molar-refractivity contribution >= 4 is 28.2 Å². The molecule has 0 N–H and O–H groups in total. The molecule has 0 amide bonds. The molecule has 0 aliphatic heterocycles. The maximum Gasteiger partial charge on any atom is 0.343 e. The van der Waals surface area contributed by atoms with Crippen LogP contribution in [0.5, 0.6) is 11.5 Å². The summed E-state index contributed by atoms with van der Waals surface area (Å²) in [6, 6.07) is 10.1. The molecule has 0 unspecified atom stereocenters. The van der Waals surface area contributed by atoms with Crippen LogP contribution in [0.1, 0.15) is 26.3 Å². The van der Waals surface area contributed by atoms with Crippen molar-refractivity contribution in [1.29, 1.82) is 0 Å². The number of aldehydes is 1. The Morgan fingerprint density at radius 1 is 1.30 bits per heavy atom. The van der Waals surface area contributed by atoms with Gasteiger partial charge in [0.25, 0.3) is 0 Å². The van der Waals surface area contributed by atoms with Crippen molar-refractivity contribution < 1.29 is 19.1 Å². The molecule has 118 valence electrons. The molecule has 2 rings (SSSR count). The summed E-state index contributed by atoms with van der Waals surface area (Å²) in [6.45, 7) is 3.68. The van der Waals surface area contributed by atoms with Crippen LogP contribution in [0.2, 0.25) is 0 Å². The van der Waals surface area contributed by atoms with Crippen LogP contribution in [0.4, 0.5) is 0 Å². The fourth-order valence-corrected chi connectivity index (χ4v) is 2.49. The van der Waals surface area contributed by atoms with Gasteiger partial charge in [0.2, 0.25) is 0 Å². The third kappa shape index (κ3) is 4.07. The number of halogens is 1. The molecule has 0 atom stereocenters. The highest BCUT2D eigenvalue weighted by molar-refractivity contribution is 9.10. The summed E-state index contributed by atoms with van der Waals surface area (Å²) in [4.78, 5) is 23.4. The van der Waals surface area contributed by atoms with Crippen molar-refractivity contribution in [2.45, 2.75) is 6.42 Å². The lowest BCUT2D eigenvalue weighted by Crippen LogP contribution is -2.11. The van der Waals surface area contributed by atoms with Gasteiger partial charge in [-0.15, -0.1) is 6.58 Å². The standard InChI is InChI=1S/C18H15BrO4/c1-3-5-13-8-12(11-20)9-16(22-2)17(13)23-18(21)14-6-4-7-15(19)10-14/h3-4,6-11H,1,5H2,2H3. The normalized spacial score (nSPS) is 10.0. The Balaban J connectivity index is 2.42. The second-order valence-electron chi connectivity index (χ2n) is 4.72. The highest BCUT2D eigenvalue weighted by atomic mass is 79.9. The number of hydrogen-bond donors (Lipinski definition) is 0. The minimum atomic E-state index is -0.506. The number of carbonyl (C=O) groups is 2. The van der Waals surface area contributed by atoms with E-state index in [1.807, 2.05) is 6.07 Å². The molecular weight excluding hydrogens is 360 g/mol. The minimum absolute atomic E-state index is 0.294. The minimum Gasteiger partial charge on any atom is -0.493 e. The van der Waals surface area contributed by atoms with Gasteiger partial charge in [-0.1, -0.05) is 28.1 Å². The average molecular weight is 375 g/mol. The lowest BCUT2D eigenvalue weighted by atomic mass is 10.1. The van der Waals surface area contributed by atoms with Crippen LogP contribution >= 0.6 is 15.9 Å². The predicted octanol–water partition coefficient (Wildman–Crippen LogP) is 4.22. The first-order valence-corrected chi connectivity index (χ1v) is 7.63. The van der Waals surface area contributed by atoms with E-state index >= 15 is 0 Å². The second kappa shape index (κ2) is 7.74. The number of allylic oxidation sites excluding steroid dienone is 1. The van der Waals surface area contributed by atoms with Crippen LogP contribution in [-0.4, -0.2) is 19.4 Å². The van der Waals surface area contributed by atoms with E-state index in [0.29, 0.717) is 34.6 Å². The fourth-order valence-electron chi connectivity index (χ4n) is 2.09. The quantitative estimate of drug-likeness (QED) is 0.328. The van der Waals surface area contributed by atoms with Crippen molar-refractivity contribution in [1.82, 2.24) is 0 Å². The van der Waals surface area contributed by atoms with Gasteiger partial charge < -0.3 is 9.47 Å². The van der Waals surface area contributed by atoms with Crippen molar-refractivity contribution in [3.8, 4) is 11.5 Å². The number of esters is 1. The van der Waals surface area contributed by atoms with Gasteiger partial charge in [-0.3, -0.25) is 4.79 Å². The summed E-state index contributed by atoms with van der Waals surface area (Å²) >= 11 is 3.32. The Labute approximate surface area is 142 Å². The smallest absolute Gasteiger partial charge is 0.343 e. The Morgan fingerprint density at radius 2 is 2.09 bits per heavy atom. The maximum absolute atomic E-state index is 12.4. The Kier molecular flexibility index (Phi) is 5.71. The number of rotatable bonds is 6. The summed E-state index contributed by atoms with van der Waals surface area (Å²) in [6.07, 6.45) is 2.83. The molecule has 5 heteroatoms. The number of ether oxygens (including phenoxy) is 2. The summed E-state index contributed by atoms with van der Waals surface area (Å²) in [5.41, 5.74) is 1.51. The van der Waals surface area contributed by atoms with Gasteiger partial charge >= 0.3 is 5.97 Å². The van der Waals surface area contributed by atoms with Crippen molar-refractivity contribution in [2.24, 2.45) is 0 Å². The van der Waals surface area contributed by atoms with Crippen LogP contribution in [0.25, 0.3) is 0 Å². The zero-order valence-electron chi connectivity index (χ0n) is 12.5. The molecule has 0 aliphatic carbocycles. The molecule has 2 aromatic carbocycles. The van der Waals surface area contributed by atoms with E-state index in [4.69, 9.17) is 9.47 Å². The van der Waals surface area contributed by atoms with Gasteiger partial charge in [-0.05, 0) is 36.8 Å². The maximum atomic E-state index is 12.4. The van der Waals surface area contributed by atoms with Crippen LogP contribution in [0.3, 0.4) is 0 Å². The Bertz CT molecular complexity index is 753. The van der Waals surface area contributed by atoms with Crippen LogP contribution in [0, 0.1) is 0 Å². The van der Waals surface area contributed by atoms with Gasteiger partial charge in [-0.25, -0.2) is 4.79 Å². The number of benzene rings is 2.